The van der Waals surface area contributed by atoms with Crippen LogP contribution in [0.4, 0.5) is 0 Å². The molecule has 1 unspecified atom stereocenters. The van der Waals surface area contributed by atoms with Crippen LogP contribution in [0.3, 0.4) is 0 Å². The normalized spacial score (nSPS) is 12.9. The van der Waals surface area contributed by atoms with Gasteiger partial charge in [-0.1, -0.05) is 20.8 Å². The molecule has 0 aromatic carbocycles. The van der Waals surface area contributed by atoms with Gasteiger partial charge in [0.15, 0.2) is 5.76 Å². The SMILES string of the molecule is Cc1nc(-c2ccco2)ccc1C(=O)NC(CCO)C(C)(C)C. The number of aryl methyl sites for hydroxylation is 1. The summed E-state index contributed by atoms with van der Waals surface area (Å²) in [6, 6.07) is 7.06. The Balaban J connectivity index is 2.19. The number of nitrogens with zero attached hydrogens (tertiary/aromatic N) is 1. The van der Waals surface area contributed by atoms with Crippen LogP contribution >= 0.6 is 0 Å². The van der Waals surface area contributed by atoms with E-state index in [4.69, 9.17) is 4.42 Å². The van der Waals surface area contributed by atoms with Crippen LogP contribution in [0, 0.1) is 12.3 Å². The molecular formula is C18H24N2O3. The predicted molar refractivity (Wildman–Crippen MR) is 89.1 cm³/mol. The first-order valence-electron chi connectivity index (χ1n) is 7.76. The number of aromatic nitrogens is 1. The minimum Gasteiger partial charge on any atom is -0.463 e. The number of aliphatic hydroxyl groups is 1. The van der Waals surface area contributed by atoms with E-state index in [0.29, 0.717) is 29.1 Å². The van der Waals surface area contributed by atoms with Crippen molar-refractivity contribution in [3.63, 3.8) is 0 Å². The Kier molecular flexibility index (Phi) is 5.21. The third-order valence-electron chi connectivity index (χ3n) is 3.87. The predicted octanol–water partition coefficient (Wildman–Crippen LogP) is 3.18. The van der Waals surface area contributed by atoms with Crippen LogP contribution in [0.15, 0.2) is 34.9 Å². The lowest BCUT2D eigenvalue weighted by molar-refractivity contribution is 0.0884. The van der Waals surface area contributed by atoms with Crippen molar-refractivity contribution in [3.8, 4) is 11.5 Å². The summed E-state index contributed by atoms with van der Waals surface area (Å²) in [6.07, 6.45) is 2.11. The van der Waals surface area contributed by atoms with Crippen LogP contribution in [0.2, 0.25) is 0 Å². The van der Waals surface area contributed by atoms with Gasteiger partial charge >= 0.3 is 0 Å². The molecule has 0 saturated carbocycles. The molecule has 5 heteroatoms. The minimum atomic E-state index is -0.172. The van der Waals surface area contributed by atoms with Crippen molar-refractivity contribution in [2.75, 3.05) is 6.61 Å². The molecule has 0 aliphatic rings. The van der Waals surface area contributed by atoms with Crippen LogP contribution in [-0.2, 0) is 0 Å². The van der Waals surface area contributed by atoms with E-state index in [1.165, 1.54) is 0 Å². The Hall–Kier alpha value is -2.14. The van der Waals surface area contributed by atoms with E-state index in [-0.39, 0.29) is 24.0 Å². The van der Waals surface area contributed by atoms with Crippen LogP contribution in [-0.4, -0.2) is 28.6 Å². The van der Waals surface area contributed by atoms with E-state index in [1.807, 2.05) is 26.8 Å². The Morgan fingerprint density at radius 2 is 2.09 bits per heavy atom. The largest absolute Gasteiger partial charge is 0.463 e. The second-order valence-electron chi connectivity index (χ2n) is 6.71. The third kappa shape index (κ3) is 4.20. The molecule has 2 N–H and O–H groups in total. The van der Waals surface area contributed by atoms with Crippen molar-refractivity contribution in [2.24, 2.45) is 5.41 Å². The second kappa shape index (κ2) is 6.96. The van der Waals surface area contributed by atoms with Crippen LogP contribution in [0.5, 0.6) is 0 Å². The highest BCUT2D eigenvalue weighted by molar-refractivity contribution is 5.95. The van der Waals surface area contributed by atoms with Gasteiger partial charge < -0.3 is 14.8 Å². The number of amides is 1. The van der Waals surface area contributed by atoms with E-state index in [9.17, 15) is 9.90 Å². The number of carbonyl (C=O) groups excluding carboxylic acids is 1. The lowest BCUT2D eigenvalue weighted by Crippen LogP contribution is -2.44. The molecule has 2 aromatic rings. The molecule has 5 nitrogen and oxygen atoms in total. The Morgan fingerprint density at radius 1 is 1.35 bits per heavy atom. The Morgan fingerprint density at radius 3 is 2.61 bits per heavy atom. The molecule has 0 fully saturated rings. The summed E-state index contributed by atoms with van der Waals surface area (Å²) in [5.41, 5.74) is 1.75. The molecule has 0 radical (unpaired) electrons. The first kappa shape index (κ1) is 17.2. The van der Waals surface area contributed by atoms with Gasteiger partial charge in [-0.05, 0) is 43.0 Å². The fourth-order valence-electron chi connectivity index (χ4n) is 2.45. The Bertz CT molecular complexity index is 657. The first-order valence-corrected chi connectivity index (χ1v) is 7.76. The summed E-state index contributed by atoms with van der Waals surface area (Å²) in [6.45, 7) is 7.96. The van der Waals surface area contributed by atoms with Crippen molar-refractivity contribution in [3.05, 3.63) is 41.8 Å². The average Bonchev–Trinajstić information content (AvgIpc) is 2.99. The van der Waals surface area contributed by atoms with Gasteiger partial charge in [-0.3, -0.25) is 4.79 Å². The fraction of sp³-hybridized carbons (Fsp3) is 0.444. The molecular weight excluding hydrogens is 292 g/mol. The number of nitrogens with one attached hydrogen (secondary N) is 1. The topological polar surface area (TPSA) is 75.4 Å². The highest BCUT2D eigenvalue weighted by Crippen LogP contribution is 2.23. The molecule has 124 valence electrons. The Labute approximate surface area is 136 Å². The fourth-order valence-corrected chi connectivity index (χ4v) is 2.45. The van der Waals surface area contributed by atoms with Gasteiger partial charge in [0.05, 0.1) is 17.5 Å². The maximum absolute atomic E-state index is 12.5. The second-order valence-corrected chi connectivity index (χ2v) is 6.71. The van der Waals surface area contributed by atoms with Crippen molar-refractivity contribution in [1.29, 1.82) is 0 Å². The summed E-state index contributed by atoms with van der Waals surface area (Å²) >= 11 is 0. The number of aliphatic hydroxyl groups excluding tert-OH is 1. The molecule has 0 aliphatic heterocycles. The van der Waals surface area contributed by atoms with Crippen LogP contribution < -0.4 is 5.32 Å². The van der Waals surface area contributed by atoms with Gasteiger partial charge in [-0.2, -0.15) is 0 Å². The van der Waals surface area contributed by atoms with E-state index < -0.39 is 0 Å². The molecule has 2 aromatic heterocycles. The summed E-state index contributed by atoms with van der Waals surface area (Å²) in [7, 11) is 0. The van der Waals surface area contributed by atoms with Gasteiger partial charge in [-0.15, -0.1) is 0 Å². The molecule has 0 aliphatic carbocycles. The lowest BCUT2D eigenvalue weighted by Gasteiger charge is -2.31. The molecule has 23 heavy (non-hydrogen) atoms. The monoisotopic (exact) mass is 316 g/mol. The standard InChI is InChI=1S/C18H24N2O3/c1-12-13(7-8-14(19-12)15-6-5-11-23-15)17(22)20-16(9-10-21)18(2,3)4/h5-8,11,16,21H,9-10H2,1-4H3,(H,20,22). The van der Waals surface area contributed by atoms with Crippen LogP contribution in [0.25, 0.3) is 11.5 Å². The summed E-state index contributed by atoms with van der Waals surface area (Å²) in [5, 5.41) is 12.2. The molecule has 0 bridgehead atoms. The van der Waals surface area contributed by atoms with Gasteiger partial charge in [0, 0.05) is 12.6 Å². The van der Waals surface area contributed by atoms with E-state index in [2.05, 4.69) is 10.3 Å². The highest BCUT2D eigenvalue weighted by Gasteiger charge is 2.26. The molecule has 2 rings (SSSR count). The smallest absolute Gasteiger partial charge is 0.253 e. The zero-order chi connectivity index (χ0) is 17.0. The third-order valence-corrected chi connectivity index (χ3v) is 3.87. The number of furan rings is 1. The number of hydrogen-bond acceptors (Lipinski definition) is 4. The lowest BCUT2D eigenvalue weighted by atomic mass is 9.84. The van der Waals surface area contributed by atoms with Gasteiger partial charge in [0.25, 0.3) is 5.91 Å². The van der Waals surface area contributed by atoms with Gasteiger partial charge in [0.1, 0.15) is 5.69 Å². The summed E-state index contributed by atoms with van der Waals surface area (Å²) in [4.78, 5) is 17.0. The number of pyridine rings is 1. The molecule has 0 saturated heterocycles. The van der Waals surface area contributed by atoms with Crippen molar-refractivity contribution in [1.82, 2.24) is 10.3 Å². The average molecular weight is 316 g/mol. The van der Waals surface area contributed by atoms with Crippen molar-refractivity contribution in [2.45, 2.75) is 40.2 Å². The minimum absolute atomic E-state index is 0.0386. The van der Waals surface area contributed by atoms with E-state index >= 15 is 0 Å². The van der Waals surface area contributed by atoms with Gasteiger partial charge in [0.2, 0.25) is 0 Å². The molecule has 1 amide bonds. The maximum atomic E-state index is 12.5. The number of carbonyl (C=O) groups is 1. The first-order chi connectivity index (χ1) is 10.8. The van der Waals surface area contributed by atoms with Gasteiger partial charge in [-0.25, -0.2) is 4.98 Å². The summed E-state index contributed by atoms with van der Waals surface area (Å²) < 4.78 is 5.33. The summed E-state index contributed by atoms with van der Waals surface area (Å²) in [5.74, 6) is 0.502. The maximum Gasteiger partial charge on any atom is 0.253 e. The zero-order valence-corrected chi connectivity index (χ0v) is 14.1. The molecule has 0 spiro atoms. The zero-order valence-electron chi connectivity index (χ0n) is 14.1. The molecule has 1 atom stereocenters. The van der Waals surface area contributed by atoms with Crippen molar-refractivity contribution >= 4 is 5.91 Å². The highest BCUT2D eigenvalue weighted by atomic mass is 16.3. The van der Waals surface area contributed by atoms with E-state index in [0.717, 1.165) is 0 Å². The number of rotatable bonds is 5. The molecule has 2 heterocycles. The number of hydrogen-bond donors (Lipinski definition) is 2. The van der Waals surface area contributed by atoms with Crippen molar-refractivity contribution < 1.29 is 14.3 Å². The van der Waals surface area contributed by atoms with E-state index in [1.54, 1.807) is 31.4 Å². The van der Waals surface area contributed by atoms with Crippen LogP contribution in [0.1, 0.15) is 43.2 Å². The quantitative estimate of drug-likeness (QED) is 0.888.